The molecule has 2 rings (SSSR count). The Kier molecular flexibility index (Phi) is 4.86. The molecule has 7 heteroatoms. The van der Waals surface area contributed by atoms with E-state index in [2.05, 4.69) is 15.7 Å². The minimum absolute atomic E-state index is 0.438. The lowest BCUT2D eigenvalue weighted by Gasteiger charge is -2.11. The third kappa shape index (κ3) is 3.42. The van der Waals surface area contributed by atoms with E-state index in [0.717, 1.165) is 17.9 Å². The Morgan fingerprint density at radius 3 is 2.65 bits per heavy atom. The molecule has 0 fully saturated rings. The summed E-state index contributed by atoms with van der Waals surface area (Å²) in [6, 6.07) is 5.34. The highest BCUT2D eigenvalue weighted by Gasteiger charge is 2.08. The van der Waals surface area contributed by atoms with E-state index < -0.39 is 0 Å². The highest BCUT2D eigenvalue weighted by molar-refractivity contribution is 7.80. The first kappa shape index (κ1) is 15.1. The van der Waals surface area contributed by atoms with E-state index in [1.165, 1.54) is 0 Å². The zero-order valence-electron chi connectivity index (χ0n) is 11.1. The summed E-state index contributed by atoms with van der Waals surface area (Å²) in [7, 11) is 0. The maximum atomic E-state index is 6.10. The average molecular weight is 329 g/mol. The Balaban J connectivity index is 2.09. The van der Waals surface area contributed by atoms with Gasteiger partial charge in [0.2, 0.25) is 0 Å². The maximum absolute atomic E-state index is 6.10. The van der Waals surface area contributed by atoms with Gasteiger partial charge < -0.3 is 10.6 Å². The molecule has 0 bridgehead atoms. The molecular weight excluding hydrogens is 315 g/mol. The van der Waals surface area contributed by atoms with Crippen LogP contribution in [0.15, 0.2) is 24.4 Å². The molecule has 0 atom stereocenters. The van der Waals surface area contributed by atoms with Crippen molar-refractivity contribution >= 4 is 51.9 Å². The molecule has 0 saturated carbocycles. The lowest BCUT2D eigenvalue weighted by atomic mass is 10.3. The zero-order chi connectivity index (χ0) is 14.7. The molecule has 106 valence electrons. The number of benzene rings is 1. The van der Waals surface area contributed by atoms with Gasteiger partial charge in [-0.15, -0.1) is 0 Å². The zero-order valence-corrected chi connectivity index (χ0v) is 13.4. The Morgan fingerprint density at radius 1 is 1.30 bits per heavy atom. The van der Waals surface area contributed by atoms with E-state index >= 15 is 0 Å². The fourth-order valence-corrected chi connectivity index (χ4v) is 2.25. The van der Waals surface area contributed by atoms with Crippen LogP contribution in [0.2, 0.25) is 10.0 Å². The number of aryl methyl sites for hydroxylation is 2. The van der Waals surface area contributed by atoms with Crippen LogP contribution in [0, 0.1) is 6.92 Å². The first-order chi connectivity index (χ1) is 9.51. The third-order valence-electron chi connectivity index (χ3n) is 2.72. The van der Waals surface area contributed by atoms with Crippen molar-refractivity contribution in [3.8, 4) is 0 Å². The molecule has 2 aromatic rings. The SMILES string of the molecule is CCn1cc(NC(=S)Nc2cccc(Cl)c2Cl)c(C)n1. The molecular formula is C13H14Cl2N4S. The fourth-order valence-electron chi connectivity index (χ4n) is 1.68. The van der Waals surface area contributed by atoms with Crippen LogP contribution >= 0.6 is 35.4 Å². The molecule has 0 aliphatic carbocycles. The minimum Gasteiger partial charge on any atom is -0.331 e. The number of nitrogens with one attached hydrogen (secondary N) is 2. The molecule has 0 aliphatic rings. The van der Waals surface area contributed by atoms with Crippen LogP contribution in [0.4, 0.5) is 11.4 Å². The van der Waals surface area contributed by atoms with E-state index in [9.17, 15) is 0 Å². The van der Waals surface area contributed by atoms with Gasteiger partial charge in [0.25, 0.3) is 0 Å². The fraction of sp³-hybridized carbons (Fsp3) is 0.231. The number of anilines is 2. The third-order valence-corrected chi connectivity index (χ3v) is 3.74. The minimum atomic E-state index is 0.438. The summed E-state index contributed by atoms with van der Waals surface area (Å²) in [5.74, 6) is 0. The first-order valence-electron chi connectivity index (χ1n) is 6.07. The Hall–Kier alpha value is -1.30. The molecule has 2 N–H and O–H groups in total. The molecule has 0 radical (unpaired) electrons. The molecule has 0 aliphatic heterocycles. The van der Waals surface area contributed by atoms with Gasteiger partial charge in [-0.2, -0.15) is 5.10 Å². The second-order valence-electron chi connectivity index (χ2n) is 4.16. The summed E-state index contributed by atoms with van der Waals surface area (Å²) in [6.45, 7) is 4.75. The summed E-state index contributed by atoms with van der Waals surface area (Å²) in [5.41, 5.74) is 2.41. The van der Waals surface area contributed by atoms with Gasteiger partial charge in [-0.25, -0.2) is 0 Å². The van der Waals surface area contributed by atoms with E-state index in [0.29, 0.717) is 20.8 Å². The number of rotatable bonds is 3. The summed E-state index contributed by atoms with van der Waals surface area (Å²) in [5, 5.41) is 11.8. The van der Waals surface area contributed by atoms with Crippen molar-refractivity contribution in [1.29, 1.82) is 0 Å². The normalized spacial score (nSPS) is 10.4. The lowest BCUT2D eigenvalue weighted by Crippen LogP contribution is -2.19. The van der Waals surface area contributed by atoms with Crippen LogP contribution in [0.3, 0.4) is 0 Å². The monoisotopic (exact) mass is 328 g/mol. The smallest absolute Gasteiger partial charge is 0.175 e. The van der Waals surface area contributed by atoms with Crippen molar-refractivity contribution in [2.75, 3.05) is 10.6 Å². The van der Waals surface area contributed by atoms with Gasteiger partial charge >= 0.3 is 0 Å². The van der Waals surface area contributed by atoms with Gasteiger partial charge in [0.15, 0.2) is 5.11 Å². The van der Waals surface area contributed by atoms with Crippen LogP contribution < -0.4 is 10.6 Å². The predicted molar refractivity (Wildman–Crippen MR) is 88.9 cm³/mol. The molecule has 20 heavy (non-hydrogen) atoms. The molecule has 0 amide bonds. The van der Waals surface area contributed by atoms with Crippen molar-refractivity contribution in [3.05, 3.63) is 40.1 Å². The van der Waals surface area contributed by atoms with Crippen LogP contribution in [0.1, 0.15) is 12.6 Å². The average Bonchev–Trinajstić information content (AvgIpc) is 2.76. The van der Waals surface area contributed by atoms with Gasteiger partial charge in [-0.1, -0.05) is 29.3 Å². The quantitative estimate of drug-likeness (QED) is 0.823. The molecule has 4 nitrogen and oxygen atoms in total. The molecule has 1 heterocycles. The Morgan fingerprint density at radius 2 is 2.00 bits per heavy atom. The van der Waals surface area contributed by atoms with Gasteiger partial charge in [-0.3, -0.25) is 4.68 Å². The second-order valence-corrected chi connectivity index (χ2v) is 5.36. The lowest BCUT2D eigenvalue weighted by molar-refractivity contribution is 0.653. The van der Waals surface area contributed by atoms with Gasteiger partial charge in [-0.05, 0) is 38.2 Å². The summed E-state index contributed by atoms with van der Waals surface area (Å²) < 4.78 is 1.84. The first-order valence-corrected chi connectivity index (χ1v) is 7.23. The van der Waals surface area contributed by atoms with Crippen LogP contribution in [0.5, 0.6) is 0 Å². The predicted octanol–water partition coefficient (Wildman–Crippen LogP) is 4.33. The number of halogens is 2. The molecule has 1 aromatic carbocycles. The molecule has 0 saturated heterocycles. The molecule has 0 unspecified atom stereocenters. The number of aromatic nitrogens is 2. The van der Waals surface area contributed by atoms with Gasteiger partial charge in [0.1, 0.15) is 0 Å². The van der Waals surface area contributed by atoms with Gasteiger partial charge in [0, 0.05) is 12.7 Å². The highest BCUT2D eigenvalue weighted by atomic mass is 35.5. The molecule has 1 aromatic heterocycles. The highest BCUT2D eigenvalue weighted by Crippen LogP contribution is 2.29. The Labute approximate surface area is 133 Å². The van der Waals surface area contributed by atoms with E-state index in [1.807, 2.05) is 30.8 Å². The van der Waals surface area contributed by atoms with E-state index in [4.69, 9.17) is 35.4 Å². The van der Waals surface area contributed by atoms with Crippen molar-refractivity contribution in [3.63, 3.8) is 0 Å². The number of hydrogen-bond donors (Lipinski definition) is 2. The van der Waals surface area contributed by atoms with Crippen molar-refractivity contribution in [2.45, 2.75) is 20.4 Å². The van der Waals surface area contributed by atoms with E-state index in [1.54, 1.807) is 12.1 Å². The van der Waals surface area contributed by atoms with Gasteiger partial charge in [0.05, 0.1) is 27.1 Å². The summed E-state index contributed by atoms with van der Waals surface area (Å²) >= 11 is 17.3. The summed E-state index contributed by atoms with van der Waals surface area (Å²) in [4.78, 5) is 0. The topological polar surface area (TPSA) is 41.9 Å². The van der Waals surface area contributed by atoms with E-state index in [-0.39, 0.29) is 0 Å². The van der Waals surface area contributed by atoms with Crippen molar-refractivity contribution in [1.82, 2.24) is 9.78 Å². The maximum Gasteiger partial charge on any atom is 0.175 e. The summed E-state index contributed by atoms with van der Waals surface area (Å²) in [6.07, 6.45) is 1.91. The van der Waals surface area contributed by atoms with Crippen LogP contribution in [-0.4, -0.2) is 14.9 Å². The largest absolute Gasteiger partial charge is 0.331 e. The number of nitrogens with zero attached hydrogens (tertiary/aromatic N) is 2. The van der Waals surface area contributed by atoms with Crippen molar-refractivity contribution < 1.29 is 0 Å². The Bertz CT molecular complexity index is 639. The second kappa shape index (κ2) is 6.43. The number of thiocarbonyl (C=S) groups is 1. The van der Waals surface area contributed by atoms with Crippen molar-refractivity contribution in [2.24, 2.45) is 0 Å². The van der Waals surface area contributed by atoms with Crippen LogP contribution in [0.25, 0.3) is 0 Å². The van der Waals surface area contributed by atoms with Crippen LogP contribution in [-0.2, 0) is 6.54 Å². The standard InChI is InChI=1S/C13H14Cl2N4S/c1-3-19-7-11(8(2)18-19)17-13(20)16-10-6-4-5-9(14)12(10)15/h4-7H,3H2,1-2H3,(H2,16,17,20). The molecule has 0 spiro atoms. The number of hydrogen-bond acceptors (Lipinski definition) is 2.